The van der Waals surface area contributed by atoms with Crippen molar-refractivity contribution in [1.82, 2.24) is 4.90 Å². The molecule has 1 aliphatic heterocycles. The Bertz CT molecular complexity index is 385. The minimum absolute atomic E-state index is 0.155. The van der Waals surface area contributed by atoms with Crippen LogP contribution in [0.25, 0.3) is 0 Å². The molecule has 7 heteroatoms. The summed E-state index contributed by atoms with van der Waals surface area (Å²) in [6, 6.07) is 1.69. The van der Waals surface area contributed by atoms with Crippen molar-refractivity contribution in [2.45, 2.75) is 12.3 Å². The number of nitrogens with zero attached hydrogens (tertiary/aromatic N) is 1. The largest absolute Gasteiger partial charge is 0.411 e. The van der Waals surface area contributed by atoms with Crippen molar-refractivity contribution in [3.8, 4) is 0 Å². The van der Waals surface area contributed by atoms with E-state index < -0.39 is 18.9 Å². The predicted molar refractivity (Wildman–Crippen MR) is 56.0 cm³/mol. The van der Waals surface area contributed by atoms with Crippen LogP contribution in [0.1, 0.15) is 10.4 Å². The maximum Gasteiger partial charge on any atom is 0.411 e. The van der Waals surface area contributed by atoms with Crippen molar-refractivity contribution in [2.24, 2.45) is 0 Å². The summed E-state index contributed by atoms with van der Waals surface area (Å²) in [4.78, 5) is 13.2. The van der Waals surface area contributed by atoms with Crippen molar-refractivity contribution in [3.05, 3.63) is 22.4 Å². The van der Waals surface area contributed by atoms with Gasteiger partial charge in [-0.25, -0.2) is 0 Å². The molecule has 0 spiro atoms. The number of halogens is 3. The number of amides is 1. The third-order valence-electron chi connectivity index (χ3n) is 2.39. The molecule has 1 aliphatic rings. The van der Waals surface area contributed by atoms with Crippen LogP contribution in [-0.2, 0) is 4.74 Å². The van der Waals surface area contributed by atoms with Gasteiger partial charge in [0.15, 0.2) is 0 Å². The first-order valence-electron chi connectivity index (χ1n) is 4.95. The Kier molecular flexibility index (Phi) is 3.39. The highest BCUT2D eigenvalue weighted by molar-refractivity contribution is 7.08. The lowest BCUT2D eigenvalue weighted by molar-refractivity contribution is -0.196. The molecule has 1 saturated heterocycles. The number of alkyl halides is 3. The minimum Gasteiger partial charge on any atom is -0.365 e. The quantitative estimate of drug-likeness (QED) is 0.838. The van der Waals surface area contributed by atoms with E-state index in [1.54, 1.807) is 16.8 Å². The molecule has 94 valence electrons. The molecular weight excluding hydrogens is 255 g/mol. The molecule has 2 heterocycles. The molecule has 17 heavy (non-hydrogen) atoms. The molecule has 1 amide bonds. The Hall–Kier alpha value is -1.08. The molecule has 1 fully saturated rings. The number of hydrogen-bond acceptors (Lipinski definition) is 3. The maximum absolute atomic E-state index is 11.9. The molecule has 3 nitrogen and oxygen atoms in total. The number of carbonyl (C=O) groups excluding carboxylic acids is 1. The van der Waals surface area contributed by atoms with E-state index >= 15 is 0 Å². The van der Waals surface area contributed by atoms with Crippen LogP contribution in [0.4, 0.5) is 13.2 Å². The first kappa shape index (κ1) is 12.4. The van der Waals surface area contributed by atoms with E-state index in [1.165, 1.54) is 16.2 Å². The zero-order valence-electron chi connectivity index (χ0n) is 8.74. The summed E-state index contributed by atoms with van der Waals surface area (Å²) >= 11 is 1.41. The normalized spacial score (nSPS) is 17.0. The van der Waals surface area contributed by atoms with Crippen LogP contribution in [-0.4, -0.2) is 42.8 Å². The number of thiophene rings is 1. The summed E-state index contributed by atoms with van der Waals surface area (Å²) in [6.07, 6.45) is -4.81. The van der Waals surface area contributed by atoms with E-state index in [9.17, 15) is 18.0 Å². The third-order valence-corrected chi connectivity index (χ3v) is 3.07. The highest BCUT2D eigenvalue weighted by Gasteiger charge is 2.36. The third kappa shape index (κ3) is 3.19. The fourth-order valence-corrected chi connectivity index (χ4v) is 2.12. The minimum atomic E-state index is -4.31. The van der Waals surface area contributed by atoms with Crippen molar-refractivity contribution in [1.29, 1.82) is 0 Å². The van der Waals surface area contributed by atoms with Gasteiger partial charge in [-0.15, -0.1) is 0 Å². The maximum atomic E-state index is 11.9. The van der Waals surface area contributed by atoms with Gasteiger partial charge < -0.3 is 9.64 Å². The number of carbonyl (C=O) groups is 1. The van der Waals surface area contributed by atoms with E-state index in [-0.39, 0.29) is 19.0 Å². The van der Waals surface area contributed by atoms with E-state index in [2.05, 4.69) is 4.74 Å². The van der Waals surface area contributed by atoms with Crippen molar-refractivity contribution in [3.63, 3.8) is 0 Å². The van der Waals surface area contributed by atoms with Crippen molar-refractivity contribution in [2.75, 3.05) is 19.7 Å². The average molecular weight is 265 g/mol. The van der Waals surface area contributed by atoms with E-state index in [0.717, 1.165) is 0 Å². The monoisotopic (exact) mass is 265 g/mol. The highest BCUT2D eigenvalue weighted by Crippen LogP contribution is 2.21. The SMILES string of the molecule is O=C(c1ccsc1)N1CC(OCC(F)(F)F)C1. The second kappa shape index (κ2) is 4.66. The molecule has 0 aromatic carbocycles. The second-order valence-corrected chi connectivity index (χ2v) is 4.55. The first-order chi connectivity index (χ1) is 7.96. The van der Waals surface area contributed by atoms with Gasteiger partial charge in [-0.2, -0.15) is 24.5 Å². The average Bonchev–Trinajstić information content (AvgIpc) is 2.65. The van der Waals surface area contributed by atoms with Crippen LogP contribution < -0.4 is 0 Å². The summed E-state index contributed by atoms with van der Waals surface area (Å²) < 4.78 is 40.2. The first-order valence-corrected chi connectivity index (χ1v) is 5.90. The van der Waals surface area contributed by atoms with Gasteiger partial charge in [0.25, 0.3) is 5.91 Å². The van der Waals surface area contributed by atoms with Crippen LogP contribution >= 0.6 is 11.3 Å². The molecule has 0 saturated carbocycles. The number of likely N-dealkylation sites (tertiary alicyclic amines) is 1. The molecular formula is C10H10F3NO2S. The number of hydrogen-bond donors (Lipinski definition) is 0. The predicted octanol–water partition coefficient (Wildman–Crippen LogP) is 2.15. The Morgan fingerprint density at radius 3 is 2.76 bits per heavy atom. The van der Waals surface area contributed by atoms with Gasteiger partial charge in [0.1, 0.15) is 6.61 Å². The van der Waals surface area contributed by atoms with Gasteiger partial charge in [-0.05, 0) is 11.4 Å². The summed E-state index contributed by atoms with van der Waals surface area (Å²) in [5.74, 6) is -0.155. The molecule has 1 aromatic rings. The van der Waals surface area contributed by atoms with Gasteiger partial charge in [-0.1, -0.05) is 0 Å². The Morgan fingerprint density at radius 2 is 2.24 bits per heavy atom. The lowest BCUT2D eigenvalue weighted by atomic mass is 10.1. The van der Waals surface area contributed by atoms with Gasteiger partial charge in [0, 0.05) is 18.5 Å². The Morgan fingerprint density at radius 1 is 1.53 bits per heavy atom. The molecule has 0 atom stereocenters. The lowest BCUT2D eigenvalue weighted by Gasteiger charge is -2.38. The molecule has 0 bridgehead atoms. The molecule has 0 unspecified atom stereocenters. The number of rotatable bonds is 3. The summed E-state index contributed by atoms with van der Waals surface area (Å²) in [7, 11) is 0. The molecule has 2 rings (SSSR count). The van der Waals surface area contributed by atoms with Gasteiger partial charge >= 0.3 is 6.18 Å². The smallest absolute Gasteiger partial charge is 0.365 e. The zero-order chi connectivity index (χ0) is 12.5. The van der Waals surface area contributed by atoms with Crippen LogP contribution in [0, 0.1) is 0 Å². The zero-order valence-corrected chi connectivity index (χ0v) is 9.55. The van der Waals surface area contributed by atoms with Crippen molar-refractivity contribution < 1.29 is 22.7 Å². The van der Waals surface area contributed by atoms with E-state index in [1.807, 2.05) is 0 Å². The van der Waals surface area contributed by atoms with E-state index in [4.69, 9.17) is 0 Å². The Balaban J connectivity index is 1.74. The fraction of sp³-hybridized carbons (Fsp3) is 0.500. The van der Waals surface area contributed by atoms with Gasteiger partial charge in [0.2, 0.25) is 0 Å². The van der Waals surface area contributed by atoms with Crippen molar-refractivity contribution >= 4 is 17.2 Å². The lowest BCUT2D eigenvalue weighted by Crippen LogP contribution is -2.55. The summed E-state index contributed by atoms with van der Waals surface area (Å²) in [5.41, 5.74) is 0.573. The molecule has 0 aliphatic carbocycles. The molecule has 0 N–H and O–H groups in total. The highest BCUT2D eigenvalue weighted by atomic mass is 32.1. The van der Waals surface area contributed by atoms with Crippen LogP contribution in [0.2, 0.25) is 0 Å². The second-order valence-electron chi connectivity index (χ2n) is 3.77. The summed E-state index contributed by atoms with van der Waals surface area (Å²) in [5, 5.41) is 3.50. The Labute approximate surface area is 99.8 Å². The number of ether oxygens (including phenoxy) is 1. The topological polar surface area (TPSA) is 29.5 Å². The molecule has 1 aromatic heterocycles. The van der Waals surface area contributed by atoms with Crippen LogP contribution in [0.5, 0.6) is 0 Å². The summed E-state index contributed by atoms with van der Waals surface area (Å²) in [6.45, 7) is -0.798. The fourth-order valence-electron chi connectivity index (χ4n) is 1.49. The van der Waals surface area contributed by atoms with Gasteiger partial charge in [-0.3, -0.25) is 4.79 Å². The van der Waals surface area contributed by atoms with Crippen LogP contribution in [0.3, 0.4) is 0 Å². The standard InChI is InChI=1S/C10H10F3NO2S/c11-10(12,13)6-16-8-3-14(4-8)9(15)7-1-2-17-5-7/h1-2,5,8H,3-4,6H2. The van der Waals surface area contributed by atoms with Crippen LogP contribution in [0.15, 0.2) is 16.8 Å². The molecule has 0 radical (unpaired) electrons. The van der Waals surface area contributed by atoms with Gasteiger partial charge in [0.05, 0.1) is 11.7 Å². The van der Waals surface area contributed by atoms with E-state index in [0.29, 0.717) is 5.56 Å².